The zero-order valence-corrected chi connectivity index (χ0v) is 23.7. The fraction of sp³-hybridized carbons (Fsp3) is 0.333. The zero-order chi connectivity index (χ0) is 30.1. The Labute approximate surface area is 249 Å². The van der Waals surface area contributed by atoms with Crippen LogP contribution >= 0.6 is 0 Å². The van der Waals surface area contributed by atoms with Gasteiger partial charge >= 0.3 is 23.9 Å². The van der Waals surface area contributed by atoms with Crippen molar-refractivity contribution in [2.45, 2.75) is 50.4 Å². The molecule has 6 rings (SSSR count). The number of carboxylic acids is 2. The number of benzene rings is 4. The van der Waals surface area contributed by atoms with Crippen molar-refractivity contribution in [2.75, 3.05) is 0 Å². The third-order valence-corrected chi connectivity index (χ3v) is 9.65. The molecule has 0 aliphatic heterocycles. The van der Waals surface area contributed by atoms with Crippen molar-refractivity contribution in [1.82, 2.24) is 0 Å². The van der Waals surface area contributed by atoms with Gasteiger partial charge in [-0.25, -0.2) is 0 Å². The maximum absolute atomic E-state index is 13.4. The van der Waals surface area contributed by atoms with Crippen molar-refractivity contribution in [3.8, 4) is 0 Å². The Bertz CT molecular complexity index is 1570. The molecule has 6 atom stereocenters. The van der Waals surface area contributed by atoms with Crippen molar-refractivity contribution < 1.29 is 34.1 Å². The van der Waals surface area contributed by atoms with E-state index in [0.717, 1.165) is 32.7 Å². The van der Waals surface area contributed by atoms with Crippen molar-refractivity contribution in [3.63, 3.8) is 0 Å². The van der Waals surface area contributed by atoms with Gasteiger partial charge in [0.15, 0.2) is 0 Å². The number of hydrogen-bond acceptors (Lipinski definition) is 5. The smallest absolute Gasteiger partial charge is 0.316 e. The van der Waals surface area contributed by atoms with Crippen LogP contribution in [-0.4, -0.2) is 34.1 Å². The zero-order valence-electron chi connectivity index (χ0n) is 23.7. The van der Waals surface area contributed by atoms with Crippen molar-refractivity contribution >= 4 is 45.4 Å². The lowest BCUT2D eigenvalue weighted by atomic mass is 9.70. The van der Waals surface area contributed by atoms with Crippen LogP contribution in [0.5, 0.6) is 0 Å². The Morgan fingerprint density at radius 1 is 0.535 bits per heavy atom. The van der Waals surface area contributed by atoms with Crippen LogP contribution in [-0.2, 0) is 23.9 Å². The summed E-state index contributed by atoms with van der Waals surface area (Å²) in [5.74, 6) is -6.32. The molecular weight excluding hydrogens is 544 g/mol. The molecule has 0 heterocycles. The number of fused-ring (bicyclic) bond motifs is 2. The van der Waals surface area contributed by atoms with Gasteiger partial charge in [-0.3, -0.25) is 19.2 Å². The predicted octanol–water partition coefficient (Wildman–Crippen LogP) is 6.93. The topological polar surface area (TPSA) is 118 Å². The summed E-state index contributed by atoms with van der Waals surface area (Å²) in [5, 5.41) is 24.0. The monoisotopic (exact) mass is 578 g/mol. The van der Waals surface area contributed by atoms with E-state index in [-0.39, 0.29) is 12.8 Å². The highest BCUT2D eigenvalue weighted by molar-refractivity contribution is 5.91. The summed E-state index contributed by atoms with van der Waals surface area (Å²) in [6.45, 7) is 0. The van der Waals surface area contributed by atoms with E-state index in [1.807, 2.05) is 84.9 Å². The molecule has 0 radical (unpaired) electrons. The summed E-state index contributed by atoms with van der Waals surface area (Å²) >= 11 is 0. The van der Waals surface area contributed by atoms with E-state index in [1.165, 1.54) is 0 Å². The molecule has 0 amide bonds. The Morgan fingerprint density at radius 3 is 1.35 bits per heavy atom. The standard InChI is InChI=1S/C36H34O7/c37-33(38)29-17-15-23(19-31(29)27-13-5-9-21-7-1-3-11-25(21)27)35(41)43-36(42)24-16-18-30(34(39)40)32(20-24)28-14-6-10-22-8-2-4-12-26(22)28/h1-14,23-24,29-32H,15-20H2,(H,37,38)(H,39,40). The largest absolute Gasteiger partial charge is 0.481 e. The lowest BCUT2D eigenvalue weighted by molar-refractivity contribution is -0.169. The fourth-order valence-corrected chi connectivity index (χ4v) is 7.46. The molecule has 2 aliphatic carbocycles. The summed E-state index contributed by atoms with van der Waals surface area (Å²) in [4.78, 5) is 51.2. The molecule has 43 heavy (non-hydrogen) atoms. The minimum atomic E-state index is -0.893. The number of carbonyl (C=O) groups is 4. The van der Waals surface area contributed by atoms with Gasteiger partial charge in [0, 0.05) is 0 Å². The number of ether oxygens (including phenoxy) is 1. The Kier molecular flexibility index (Phi) is 7.98. The second kappa shape index (κ2) is 12.0. The van der Waals surface area contributed by atoms with Gasteiger partial charge in [0.1, 0.15) is 0 Å². The lowest BCUT2D eigenvalue weighted by Crippen LogP contribution is -2.36. The summed E-state index contributed by atoms with van der Waals surface area (Å²) in [7, 11) is 0. The van der Waals surface area contributed by atoms with E-state index in [0.29, 0.717) is 25.7 Å². The molecule has 2 aliphatic rings. The molecule has 4 aromatic carbocycles. The third-order valence-electron chi connectivity index (χ3n) is 9.65. The maximum Gasteiger partial charge on any atom is 0.316 e. The maximum atomic E-state index is 13.4. The molecule has 0 bridgehead atoms. The van der Waals surface area contributed by atoms with Crippen LogP contribution < -0.4 is 0 Å². The summed E-state index contributed by atoms with van der Waals surface area (Å²) in [6, 6.07) is 27.2. The van der Waals surface area contributed by atoms with Crippen LogP contribution in [0.4, 0.5) is 0 Å². The van der Waals surface area contributed by atoms with Gasteiger partial charge in [-0.05, 0) is 83.0 Å². The number of carboxylic acid groups (broad SMARTS) is 2. The highest BCUT2D eigenvalue weighted by Gasteiger charge is 2.43. The molecule has 0 spiro atoms. The number of rotatable bonds is 6. The number of esters is 2. The van der Waals surface area contributed by atoms with Gasteiger partial charge in [-0.2, -0.15) is 0 Å². The van der Waals surface area contributed by atoms with Crippen molar-refractivity contribution in [1.29, 1.82) is 0 Å². The van der Waals surface area contributed by atoms with Gasteiger partial charge in [0.25, 0.3) is 0 Å². The Morgan fingerprint density at radius 2 is 0.930 bits per heavy atom. The SMILES string of the molecule is O=C(OC(=O)C1CCC(C(=O)O)C(c2cccc3ccccc23)C1)C1CCC(C(=O)O)C(c2cccc3ccccc23)C1. The van der Waals surface area contributed by atoms with Crippen LogP contribution in [0.1, 0.15) is 61.5 Å². The van der Waals surface area contributed by atoms with Gasteiger partial charge < -0.3 is 14.9 Å². The van der Waals surface area contributed by atoms with Crippen LogP contribution in [0.2, 0.25) is 0 Å². The summed E-state index contributed by atoms with van der Waals surface area (Å²) in [5.41, 5.74) is 1.78. The molecule has 220 valence electrons. The highest BCUT2D eigenvalue weighted by Crippen LogP contribution is 2.45. The molecule has 7 heteroatoms. The van der Waals surface area contributed by atoms with Crippen LogP contribution in [0.15, 0.2) is 84.9 Å². The normalized spacial score (nSPS) is 25.7. The van der Waals surface area contributed by atoms with E-state index < -0.39 is 59.4 Å². The quantitative estimate of drug-likeness (QED) is 0.188. The number of hydrogen-bond donors (Lipinski definition) is 2. The summed E-state index contributed by atoms with van der Waals surface area (Å²) < 4.78 is 5.49. The molecule has 2 N–H and O–H groups in total. The highest BCUT2D eigenvalue weighted by atomic mass is 16.6. The Balaban J connectivity index is 1.20. The number of carbonyl (C=O) groups excluding carboxylic acids is 2. The van der Waals surface area contributed by atoms with E-state index in [1.54, 1.807) is 0 Å². The van der Waals surface area contributed by atoms with E-state index in [9.17, 15) is 29.4 Å². The molecule has 0 aromatic heterocycles. The number of aliphatic carboxylic acids is 2. The Hall–Kier alpha value is -4.52. The van der Waals surface area contributed by atoms with Gasteiger partial charge in [-0.15, -0.1) is 0 Å². The minimum absolute atomic E-state index is 0.279. The molecule has 4 aromatic rings. The average Bonchev–Trinajstić information content (AvgIpc) is 3.03. The first kappa shape index (κ1) is 28.6. The van der Waals surface area contributed by atoms with Gasteiger partial charge in [-0.1, -0.05) is 84.9 Å². The van der Waals surface area contributed by atoms with Crippen LogP contribution in [0.3, 0.4) is 0 Å². The molecule has 6 unspecified atom stereocenters. The van der Waals surface area contributed by atoms with E-state index in [2.05, 4.69) is 0 Å². The average molecular weight is 579 g/mol. The fourth-order valence-electron chi connectivity index (χ4n) is 7.46. The van der Waals surface area contributed by atoms with Crippen LogP contribution in [0.25, 0.3) is 21.5 Å². The van der Waals surface area contributed by atoms with Crippen molar-refractivity contribution in [2.24, 2.45) is 23.7 Å². The van der Waals surface area contributed by atoms with E-state index >= 15 is 0 Å². The first-order valence-electron chi connectivity index (χ1n) is 15.0. The molecule has 0 saturated heterocycles. The molecule has 2 saturated carbocycles. The van der Waals surface area contributed by atoms with Gasteiger partial charge in [0.05, 0.1) is 23.7 Å². The molecule has 2 fully saturated rings. The summed E-state index contributed by atoms with van der Waals surface area (Å²) in [6.07, 6.45) is 1.83. The molecule has 7 nitrogen and oxygen atoms in total. The second-order valence-corrected chi connectivity index (χ2v) is 12.0. The first-order chi connectivity index (χ1) is 20.8. The lowest BCUT2D eigenvalue weighted by Gasteiger charge is -2.35. The minimum Gasteiger partial charge on any atom is -0.481 e. The second-order valence-electron chi connectivity index (χ2n) is 12.0. The van der Waals surface area contributed by atoms with Gasteiger partial charge in [0.2, 0.25) is 0 Å². The van der Waals surface area contributed by atoms with E-state index in [4.69, 9.17) is 4.74 Å². The van der Waals surface area contributed by atoms with Crippen molar-refractivity contribution in [3.05, 3.63) is 96.1 Å². The predicted molar refractivity (Wildman–Crippen MR) is 161 cm³/mol. The van der Waals surface area contributed by atoms with Crippen LogP contribution in [0, 0.1) is 23.7 Å². The third kappa shape index (κ3) is 5.64. The molecular formula is C36H34O7. The first-order valence-corrected chi connectivity index (χ1v) is 15.0.